The number of rotatable bonds is 4. The summed E-state index contributed by atoms with van der Waals surface area (Å²) in [6.45, 7) is 4.22. The van der Waals surface area contributed by atoms with E-state index in [-0.39, 0.29) is 5.78 Å². The molecule has 1 nitrogen and oxygen atoms in total. The van der Waals surface area contributed by atoms with Crippen LogP contribution in [0.3, 0.4) is 0 Å². The van der Waals surface area contributed by atoms with Gasteiger partial charge < -0.3 is 0 Å². The van der Waals surface area contributed by atoms with E-state index in [2.05, 4.69) is 29.8 Å². The summed E-state index contributed by atoms with van der Waals surface area (Å²) in [5.41, 5.74) is 0.799. The molecule has 1 aromatic carbocycles. The van der Waals surface area contributed by atoms with Crippen molar-refractivity contribution in [1.29, 1.82) is 0 Å². The highest BCUT2D eigenvalue weighted by Gasteiger charge is 2.11. The molecular formula is C12H15BrO. The largest absolute Gasteiger partial charge is 0.294 e. The van der Waals surface area contributed by atoms with Gasteiger partial charge >= 0.3 is 0 Å². The number of hydrogen-bond donors (Lipinski definition) is 0. The van der Waals surface area contributed by atoms with Crippen LogP contribution in [-0.4, -0.2) is 5.78 Å². The molecule has 0 fully saturated rings. The summed E-state index contributed by atoms with van der Waals surface area (Å²) in [6.07, 6.45) is 1.69. The van der Waals surface area contributed by atoms with E-state index >= 15 is 0 Å². The monoisotopic (exact) mass is 254 g/mol. The number of carbonyl (C=O) groups is 1. The third-order valence-corrected chi connectivity index (χ3v) is 3.10. The lowest BCUT2D eigenvalue weighted by Crippen LogP contribution is -2.05. The molecule has 0 amide bonds. The van der Waals surface area contributed by atoms with Gasteiger partial charge in [0.2, 0.25) is 0 Å². The molecule has 0 bridgehead atoms. The van der Waals surface area contributed by atoms with Crippen molar-refractivity contribution in [3.8, 4) is 0 Å². The van der Waals surface area contributed by atoms with Gasteiger partial charge in [-0.15, -0.1) is 0 Å². The van der Waals surface area contributed by atoms with Crippen LogP contribution in [0.4, 0.5) is 0 Å². The Labute approximate surface area is 93.7 Å². The molecule has 1 rings (SSSR count). The zero-order chi connectivity index (χ0) is 10.6. The van der Waals surface area contributed by atoms with Gasteiger partial charge in [-0.3, -0.25) is 4.79 Å². The molecule has 0 aliphatic rings. The number of benzene rings is 1. The Morgan fingerprint density at radius 3 is 2.64 bits per heavy atom. The van der Waals surface area contributed by atoms with E-state index in [4.69, 9.17) is 0 Å². The lowest BCUT2D eigenvalue weighted by Gasteiger charge is -2.08. The molecule has 14 heavy (non-hydrogen) atoms. The highest BCUT2D eigenvalue weighted by molar-refractivity contribution is 9.10. The van der Waals surface area contributed by atoms with Gasteiger partial charge in [-0.1, -0.05) is 54.4 Å². The van der Waals surface area contributed by atoms with Crippen LogP contribution in [0.25, 0.3) is 0 Å². The topological polar surface area (TPSA) is 17.1 Å². The summed E-state index contributed by atoms with van der Waals surface area (Å²) in [5.74, 6) is 0.696. The predicted molar refractivity (Wildman–Crippen MR) is 62.5 cm³/mol. The van der Waals surface area contributed by atoms with Crippen molar-refractivity contribution in [2.75, 3.05) is 0 Å². The van der Waals surface area contributed by atoms with Crippen molar-refractivity contribution in [3.63, 3.8) is 0 Å². The summed E-state index contributed by atoms with van der Waals surface area (Å²) in [7, 11) is 0. The van der Waals surface area contributed by atoms with Gasteiger partial charge in [0.1, 0.15) is 0 Å². The van der Waals surface area contributed by atoms with E-state index in [1.54, 1.807) is 0 Å². The number of halogens is 1. The fourth-order valence-electron chi connectivity index (χ4n) is 1.26. The quantitative estimate of drug-likeness (QED) is 0.741. The van der Waals surface area contributed by atoms with Gasteiger partial charge in [0.15, 0.2) is 5.78 Å². The van der Waals surface area contributed by atoms with Crippen LogP contribution >= 0.6 is 15.9 Å². The van der Waals surface area contributed by atoms with Crippen molar-refractivity contribution in [2.24, 2.45) is 5.92 Å². The second-order valence-corrected chi connectivity index (χ2v) is 4.47. The molecule has 0 saturated carbocycles. The van der Waals surface area contributed by atoms with Crippen LogP contribution in [-0.2, 0) is 0 Å². The van der Waals surface area contributed by atoms with Gasteiger partial charge in [0.05, 0.1) is 0 Å². The lowest BCUT2D eigenvalue weighted by molar-refractivity contribution is 0.0963. The molecule has 76 valence electrons. The Bertz CT molecular complexity index is 320. The van der Waals surface area contributed by atoms with E-state index in [0.29, 0.717) is 12.3 Å². The maximum absolute atomic E-state index is 11.8. The first-order valence-electron chi connectivity index (χ1n) is 4.92. The maximum atomic E-state index is 11.8. The molecule has 0 N–H and O–H groups in total. The SMILES string of the molecule is CCC(C)CC(=O)c1ccccc1Br. The van der Waals surface area contributed by atoms with Gasteiger partial charge in [-0.25, -0.2) is 0 Å². The van der Waals surface area contributed by atoms with E-state index in [0.717, 1.165) is 16.5 Å². The second-order valence-electron chi connectivity index (χ2n) is 3.62. The Balaban J connectivity index is 2.75. The molecule has 0 radical (unpaired) electrons. The molecule has 0 spiro atoms. The average molecular weight is 255 g/mol. The standard InChI is InChI=1S/C12H15BrO/c1-3-9(2)8-12(14)10-6-4-5-7-11(10)13/h4-7,9H,3,8H2,1-2H3. The van der Waals surface area contributed by atoms with Gasteiger partial charge in [0, 0.05) is 16.5 Å². The van der Waals surface area contributed by atoms with Crippen LogP contribution in [0, 0.1) is 5.92 Å². The molecule has 0 aliphatic carbocycles. The van der Waals surface area contributed by atoms with Gasteiger partial charge in [-0.05, 0) is 12.0 Å². The van der Waals surface area contributed by atoms with Crippen molar-refractivity contribution in [1.82, 2.24) is 0 Å². The van der Waals surface area contributed by atoms with Crippen molar-refractivity contribution >= 4 is 21.7 Å². The molecule has 1 aromatic rings. The third-order valence-electron chi connectivity index (χ3n) is 2.41. The minimum absolute atomic E-state index is 0.229. The zero-order valence-electron chi connectivity index (χ0n) is 8.59. The fraction of sp³-hybridized carbons (Fsp3) is 0.417. The van der Waals surface area contributed by atoms with E-state index in [1.807, 2.05) is 24.3 Å². The van der Waals surface area contributed by atoms with Crippen molar-refractivity contribution < 1.29 is 4.79 Å². The summed E-state index contributed by atoms with van der Waals surface area (Å²) in [4.78, 5) is 11.8. The zero-order valence-corrected chi connectivity index (χ0v) is 10.2. The minimum atomic E-state index is 0.229. The highest BCUT2D eigenvalue weighted by atomic mass is 79.9. The van der Waals surface area contributed by atoms with Crippen LogP contribution in [0.1, 0.15) is 37.0 Å². The number of ketones is 1. The van der Waals surface area contributed by atoms with Crippen LogP contribution in [0.5, 0.6) is 0 Å². The average Bonchev–Trinajstić information content (AvgIpc) is 2.18. The number of hydrogen-bond acceptors (Lipinski definition) is 1. The smallest absolute Gasteiger partial charge is 0.164 e. The minimum Gasteiger partial charge on any atom is -0.294 e. The van der Waals surface area contributed by atoms with Crippen LogP contribution < -0.4 is 0 Å². The van der Waals surface area contributed by atoms with E-state index in [1.165, 1.54) is 0 Å². The summed E-state index contributed by atoms with van der Waals surface area (Å²) >= 11 is 3.39. The molecule has 1 unspecified atom stereocenters. The predicted octanol–water partition coefficient (Wildman–Crippen LogP) is 4.07. The van der Waals surface area contributed by atoms with Gasteiger partial charge in [0.25, 0.3) is 0 Å². The van der Waals surface area contributed by atoms with Crippen LogP contribution in [0.2, 0.25) is 0 Å². The lowest BCUT2D eigenvalue weighted by atomic mass is 9.98. The fourth-order valence-corrected chi connectivity index (χ4v) is 1.76. The normalized spacial score (nSPS) is 12.5. The maximum Gasteiger partial charge on any atom is 0.164 e. The van der Waals surface area contributed by atoms with E-state index < -0.39 is 0 Å². The first-order chi connectivity index (χ1) is 6.65. The molecule has 0 aromatic heterocycles. The Morgan fingerprint density at radius 2 is 2.07 bits per heavy atom. The molecule has 2 heteroatoms. The van der Waals surface area contributed by atoms with Gasteiger partial charge in [-0.2, -0.15) is 0 Å². The molecule has 0 aliphatic heterocycles. The number of Topliss-reactive ketones (excluding diaryl/α,β-unsaturated/α-hetero) is 1. The second kappa shape index (κ2) is 5.30. The highest BCUT2D eigenvalue weighted by Crippen LogP contribution is 2.20. The summed E-state index contributed by atoms with van der Waals surface area (Å²) in [6, 6.07) is 7.59. The van der Waals surface area contributed by atoms with Crippen LogP contribution in [0.15, 0.2) is 28.7 Å². The summed E-state index contributed by atoms with van der Waals surface area (Å²) < 4.78 is 0.897. The summed E-state index contributed by atoms with van der Waals surface area (Å²) in [5, 5.41) is 0. The Hall–Kier alpha value is -0.630. The molecule has 1 atom stereocenters. The molecule has 0 heterocycles. The van der Waals surface area contributed by atoms with Crippen molar-refractivity contribution in [2.45, 2.75) is 26.7 Å². The Kier molecular flexibility index (Phi) is 4.33. The first-order valence-corrected chi connectivity index (χ1v) is 5.72. The number of carbonyl (C=O) groups excluding carboxylic acids is 1. The molecule has 0 saturated heterocycles. The Morgan fingerprint density at radius 1 is 1.43 bits per heavy atom. The third kappa shape index (κ3) is 2.95. The van der Waals surface area contributed by atoms with Crippen molar-refractivity contribution in [3.05, 3.63) is 34.3 Å². The first kappa shape index (κ1) is 11.4. The van der Waals surface area contributed by atoms with E-state index in [9.17, 15) is 4.79 Å². The molecular weight excluding hydrogens is 240 g/mol.